The summed E-state index contributed by atoms with van der Waals surface area (Å²) in [4.78, 5) is 50.9. The number of fused-ring (bicyclic) bond motifs is 1. The van der Waals surface area contributed by atoms with E-state index in [2.05, 4.69) is 5.32 Å². The molecule has 0 bridgehead atoms. The van der Waals surface area contributed by atoms with Gasteiger partial charge in [0.2, 0.25) is 23.6 Å². The predicted octanol–water partition coefficient (Wildman–Crippen LogP) is -0.325. The van der Waals surface area contributed by atoms with E-state index in [1.54, 1.807) is 0 Å². The third kappa shape index (κ3) is 3.28. The highest BCUT2D eigenvalue weighted by atomic mass is 16.2. The molecule has 4 amide bonds. The van der Waals surface area contributed by atoms with Gasteiger partial charge in [-0.25, -0.2) is 0 Å². The lowest BCUT2D eigenvalue weighted by Gasteiger charge is -2.20. The number of rotatable bonds is 5. The first kappa shape index (κ1) is 15.7. The van der Waals surface area contributed by atoms with Crippen molar-refractivity contribution in [3.63, 3.8) is 0 Å². The van der Waals surface area contributed by atoms with Crippen molar-refractivity contribution in [3.8, 4) is 0 Å². The minimum Gasteiger partial charge on any atom is -0.352 e. The zero-order valence-corrected chi connectivity index (χ0v) is 13.2. The standard InChI is InChI=1S/C16H21N3O4/c1-18(8-13(20)17-10-6-7-10)14(21)9-19-15(22)11-4-2-3-5-12(11)16(19)23/h2-3,10-12H,4-9H2,1H3,(H,17,20)/t11-,12+. The number of allylic oxidation sites excluding steroid dienone is 2. The number of hydrogen-bond acceptors (Lipinski definition) is 4. The van der Waals surface area contributed by atoms with E-state index in [4.69, 9.17) is 0 Å². The predicted molar refractivity (Wildman–Crippen MR) is 80.9 cm³/mol. The number of likely N-dealkylation sites (tertiary alicyclic amines) is 1. The number of carbonyl (C=O) groups excluding carboxylic acids is 4. The summed E-state index contributed by atoms with van der Waals surface area (Å²) in [6.45, 7) is -0.335. The van der Waals surface area contributed by atoms with Gasteiger partial charge in [-0.1, -0.05) is 12.2 Å². The van der Waals surface area contributed by atoms with Crippen molar-refractivity contribution < 1.29 is 19.2 Å². The Bertz CT molecular complexity index is 556. The number of carbonyl (C=O) groups is 4. The van der Waals surface area contributed by atoms with Gasteiger partial charge in [-0.15, -0.1) is 0 Å². The highest BCUT2D eigenvalue weighted by Gasteiger charge is 2.47. The molecule has 1 aliphatic heterocycles. The van der Waals surface area contributed by atoms with E-state index >= 15 is 0 Å². The molecular formula is C16H21N3O4. The smallest absolute Gasteiger partial charge is 0.242 e. The highest BCUT2D eigenvalue weighted by molar-refractivity contribution is 6.07. The maximum Gasteiger partial charge on any atom is 0.242 e. The molecule has 1 N–H and O–H groups in total. The second-order valence-electron chi connectivity index (χ2n) is 6.51. The van der Waals surface area contributed by atoms with Crippen LogP contribution in [0.25, 0.3) is 0 Å². The van der Waals surface area contributed by atoms with E-state index in [-0.39, 0.29) is 48.7 Å². The van der Waals surface area contributed by atoms with Crippen molar-refractivity contribution >= 4 is 23.6 Å². The van der Waals surface area contributed by atoms with Crippen LogP contribution >= 0.6 is 0 Å². The molecule has 23 heavy (non-hydrogen) atoms. The van der Waals surface area contributed by atoms with Gasteiger partial charge in [0.05, 0.1) is 18.4 Å². The molecule has 0 aromatic rings. The summed E-state index contributed by atoms with van der Waals surface area (Å²) < 4.78 is 0. The van der Waals surface area contributed by atoms with Crippen LogP contribution in [-0.4, -0.2) is 59.6 Å². The number of hydrogen-bond donors (Lipinski definition) is 1. The first-order valence-electron chi connectivity index (χ1n) is 8.01. The molecule has 0 unspecified atom stereocenters. The average Bonchev–Trinajstić information content (AvgIpc) is 3.30. The quantitative estimate of drug-likeness (QED) is 0.555. The van der Waals surface area contributed by atoms with Crippen LogP contribution in [0.4, 0.5) is 0 Å². The molecule has 7 nitrogen and oxygen atoms in total. The van der Waals surface area contributed by atoms with E-state index in [0.29, 0.717) is 12.8 Å². The Kier molecular flexibility index (Phi) is 4.19. The molecule has 3 aliphatic rings. The van der Waals surface area contributed by atoms with Crippen molar-refractivity contribution in [1.82, 2.24) is 15.1 Å². The summed E-state index contributed by atoms with van der Waals surface area (Å²) in [5.74, 6) is -1.81. The van der Waals surface area contributed by atoms with Crippen molar-refractivity contribution in [2.24, 2.45) is 11.8 Å². The molecule has 1 saturated heterocycles. The molecule has 0 spiro atoms. The van der Waals surface area contributed by atoms with Gasteiger partial charge >= 0.3 is 0 Å². The lowest BCUT2D eigenvalue weighted by atomic mass is 9.85. The van der Waals surface area contributed by atoms with Gasteiger partial charge in [-0.05, 0) is 25.7 Å². The summed E-state index contributed by atoms with van der Waals surface area (Å²) in [6, 6.07) is 0.239. The second-order valence-corrected chi connectivity index (χ2v) is 6.51. The van der Waals surface area contributed by atoms with Crippen LogP contribution in [0.15, 0.2) is 12.2 Å². The number of nitrogens with one attached hydrogen (secondary N) is 1. The monoisotopic (exact) mass is 319 g/mol. The summed E-state index contributed by atoms with van der Waals surface area (Å²) in [6.07, 6.45) is 6.89. The zero-order valence-electron chi connectivity index (χ0n) is 13.2. The fourth-order valence-corrected chi connectivity index (χ4v) is 3.09. The van der Waals surface area contributed by atoms with E-state index in [1.807, 2.05) is 12.2 Å². The maximum absolute atomic E-state index is 12.3. The summed E-state index contributed by atoms with van der Waals surface area (Å²) in [5.41, 5.74) is 0. The third-order valence-electron chi connectivity index (χ3n) is 4.64. The Labute approximate surface area is 134 Å². The van der Waals surface area contributed by atoms with Crippen LogP contribution in [0, 0.1) is 11.8 Å². The third-order valence-corrected chi connectivity index (χ3v) is 4.64. The maximum atomic E-state index is 12.3. The normalized spacial score (nSPS) is 26.2. The fraction of sp³-hybridized carbons (Fsp3) is 0.625. The van der Waals surface area contributed by atoms with Gasteiger partial charge in [0.25, 0.3) is 0 Å². The lowest BCUT2D eigenvalue weighted by molar-refractivity contribution is -0.146. The topological polar surface area (TPSA) is 86.8 Å². The molecule has 1 saturated carbocycles. The van der Waals surface area contributed by atoms with Crippen LogP contribution in [0.1, 0.15) is 25.7 Å². The Hall–Kier alpha value is -2.18. The summed E-state index contributed by atoms with van der Waals surface area (Å²) in [5, 5.41) is 2.80. The number of amides is 4. The Balaban J connectivity index is 1.55. The molecule has 0 radical (unpaired) electrons. The van der Waals surface area contributed by atoms with Crippen LogP contribution < -0.4 is 5.32 Å². The summed E-state index contributed by atoms with van der Waals surface area (Å²) >= 11 is 0. The van der Waals surface area contributed by atoms with Gasteiger partial charge in [0.1, 0.15) is 6.54 Å². The van der Waals surface area contributed by atoms with E-state index in [0.717, 1.165) is 17.7 Å². The van der Waals surface area contributed by atoms with Gasteiger partial charge in [-0.2, -0.15) is 0 Å². The number of nitrogens with zero attached hydrogens (tertiary/aromatic N) is 2. The van der Waals surface area contributed by atoms with Crippen LogP contribution in [-0.2, 0) is 19.2 Å². The van der Waals surface area contributed by atoms with E-state index in [9.17, 15) is 19.2 Å². The first-order valence-corrected chi connectivity index (χ1v) is 8.01. The minimum atomic E-state index is -0.399. The van der Waals surface area contributed by atoms with Gasteiger partial charge < -0.3 is 10.2 Å². The van der Waals surface area contributed by atoms with Crippen molar-refractivity contribution in [2.45, 2.75) is 31.7 Å². The van der Waals surface area contributed by atoms with Crippen molar-refractivity contribution in [2.75, 3.05) is 20.1 Å². The van der Waals surface area contributed by atoms with Crippen molar-refractivity contribution in [3.05, 3.63) is 12.2 Å². The van der Waals surface area contributed by atoms with Crippen molar-refractivity contribution in [1.29, 1.82) is 0 Å². The first-order chi connectivity index (χ1) is 11.0. The van der Waals surface area contributed by atoms with E-state index in [1.165, 1.54) is 11.9 Å². The SMILES string of the molecule is CN(CC(=O)NC1CC1)C(=O)CN1C(=O)[C@H]2CC=CC[C@H]2C1=O. The Morgan fingerprint density at radius 1 is 1.17 bits per heavy atom. The lowest BCUT2D eigenvalue weighted by Crippen LogP contribution is -2.45. The molecule has 7 heteroatoms. The second kappa shape index (κ2) is 6.14. The zero-order chi connectivity index (χ0) is 16.6. The molecule has 2 aliphatic carbocycles. The molecule has 2 atom stereocenters. The summed E-state index contributed by atoms with van der Waals surface area (Å²) in [7, 11) is 1.51. The van der Waals surface area contributed by atoms with Gasteiger partial charge in [0.15, 0.2) is 0 Å². The fourth-order valence-electron chi connectivity index (χ4n) is 3.09. The Morgan fingerprint density at radius 2 is 1.74 bits per heavy atom. The van der Waals surface area contributed by atoms with Gasteiger partial charge in [0, 0.05) is 13.1 Å². The van der Waals surface area contributed by atoms with Crippen LogP contribution in [0.3, 0.4) is 0 Å². The molecule has 124 valence electrons. The average molecular weight is 319 g/mol. The molecule has 1 heterocycles. The largest absolute Gasteiger partial charge is 0.352 e. The molecule has 0 aromatic carbocycles. The number of imide groups is 1. The van der Waals surface area contributed by atoms with Crippen LogP contribution in [0.2, 0.25) is 0 Å². The minimum absolute atomic E-state index is 0.0556. The highest BCUT2D eigenvalue weighted by Crippen LogP contribution is 2.34. The van der Waals surface area contributed by atoms with Gasteiger partial charge in [-0.3, -0.25) is 24.1 Å². The number of likely N-dealkylation sites (N-methyl/N-ethyl adjacent to an activating group) is 1. The van der Waals surface area contributed by atoms with Crippen LogP contribution in [0.5, 0.6) is 0 Å². The molecule has 2 fully saturated rings. The molecule has 3 rings (SSSR count). The Morgan fingerprint density at radius 3 is 2.26 bits per heavy atom. The molecule has 0 aromatic heterocycles. The van der Waals surface area contributed by atoms with E-state index < -0.39 is 5.91 Å². The molecular weight excluding hydrogens is 298 g/mol.